The number of hydrogen-bond acceptors (Lipinski definition) is 8. The fourth-order valence-electron chi connectivity index (χ4n) is 7.28. The van der Waals surface area contributed by atoms with Crippen molar-refractivity contribution in [3.8, 4) is 22.3 Å². The zero-order valence-corrected chi connectivity index (χ0v) is 23.7. The lowest BCUT2D eigenvalue weighted by Crippen LogP contribution is -2.37. The van der Waals surface area contributed by atoms with E-state index in [2.05, 4.69) is 20.1 Å². The summed E-state index contributed by atoms with van der Waals surface area (Å²) in [5.41, 5.74) is 3.51. The fourth-order valence-corrected chi connectivity index (χ4v) is 7.28. The van der Waals surface area contributed by atoms with Gasteiger partial charge in [0.2, 0.25) is 5.43 Å². The Morgan fingerprint density at radius 3 is 2.72 bits per heavy atom. The molecule has 3 aromatic heterocycles. The van der Waals surface area contributed by atoms with Gasteiger partial charge in [-0.1, -0.05) is 0 Å². The molecule has 1 aromatic carbocycles. The highest BCUT2D eigenvalue weighted by Gasteiger charge is 2.43. The lowest BCUT2D eigenvalue weighted by atomic mass is 9.97. The van der Waals surface area contributed by atoms with Crippen molar-refractivity contribution >= 4 is 28.4 Å². The Bertz CT molecular complexity index is 1890. The van der Waals surface area contributed by atoms with Crippen LogP contribution in [0.25, 0.3) is 33.3 Å². The van der Waals surface area contributed by atoms with Crippen LogP contribution in [0.4, 0.5) is 20.2 Å². The van der Waals surface area contributed by atoms with Crippen molar-refractivity contribution in [2.24, 2.45) is 13.0 Å². The quantitative estimate of drug-likeness (QED) is 0.275. The Hall–Kier alpha value is -4.42. The number of halogens is 2. The number of rotatable bonds is 6. The number of hydrogen-bond donors (Lipinski definition) is 3. The van der Waals surface area contributed by atoms with E-state index < -0.39 is 23.0 Å². The van der Waals surface area contributed by atoms with Crippen LogP contribution in [0.2, 0.25) is 0 Å². The number of benzene rings is 1. The minimum Gasteiger partial charge on any atom is -0.477 e. The average Bonchev–Trinajstić information content (AvgIpc) is 3.70. The summed E-state index contributed by atoms with van der Waals surface area (Å²) in [6, 6.07) is 2.96. The van der Waals surface area contributed by atoms with Gasteiger partial charge in [-0.05, 0) is 30.5 Å². The number of aromatic carboxylic acids is 1. The summed E-state index contributed by atoms with van der Waals surface area (Å²) in [5, 5.41) is 22.4. The van der Waals surface area contributed by atoms with E-state index in [-0.39, 0.29) is 29.2 Å². The first-order chi connectivity index (χ1) is 20.7. The van der Waals surface area contributed by atoms with Crippen LogP contribution < -0.4 is 15.6 Å². The lowest BCUT2D eigenvalue weighted by Gasteiger charge is -2.28. The molecule has 43 heavy (non-hydrogen) atoms. The Labute approximate surface area is 245 Å². The number of aryl methyl sites for hydroxylation is 1. The van der Waals surface area contributed by atoms with Crippen LogP contribution in [0.3, 0.4) is 0 Å². The molecule has 2 fully saturated rings. The van der Waals surface area contributed by atoms with Crippen LogP contribution in [0, 0.1) is 17.6 Å². The van der Waals surface area contributed by atoms with Crippen LogP contribution in [-0.4, -0.2) is 81.5 Å². The molecule has 3 aliphatic rings. The van der Waals surface area contributed by atoms with E-state index in [1.165, 1.54) is 10.8 Å². The number of nitrogens with one attached hydrogen (secondary N) is 1. The van der Waals surface area contributed by atoms with E-state index in [4.69, 9.17) is 4.98 Å². The molecule has 2 atom stereocenters. The Morgan fingerprint density at radius 1 is 1.16 bits per heavy atom. The van der Waals surface area contributed by atoms with Crippen LogP contribution in [0.15, 0.2) is 35.5 Å². The second-order valence-corrected chi connectivity index (χ2v) is 11.5. The maximum Gasteiger partial charge on any atom is 0.341 e. The second-order valence-electron chi connectivity index (χ2n) is 11.5. The summed E-state index contributed by atoms with van der Waals surface area (Å²) >= 11 is 0. The maximum atomic E-state index is 15.7. The summed E-state index contributed by atoms with van der Waals surface area (Å²) in [7, 11) is 3.29. The molecule has 10 nitrogen and oxygen atoms in total. The van der Waals surface area contributed by atoms with Crippen molar-refractivity contribution in [1.29, 1.82) is 0 Å². The van der Waals surface area contributed by atoms with Crippen molar-refractivity contribution in [1.82, 2.24) is 19.4 Å². The van der Waals surface area contributed by atoms with Gasteiger partial charge in [0.05, 0.1) is 23.4 Å². The highest BCUT2D eigenvalue weighted by Crippen LogP contribution is 2.51. The number of nitrogens with zero attached hydrogens (tertiary/aromatic N) is 5. The molecule has 0 amide bonds. The molecule has 0 radical (unpaired) electrons. The van der Waals surface area contributed by atoms with Crippen molar-refractivity contribution in [3.63, 3.8) is 0 Å². The predicted octanol–water partition coefficient (Wildman–Crippen LogP) is 3.09. The SMILES string of the molecule is CNc1cc(F)c(F)c2c1Cc1ncc(-c3cnc4c(c3)c(=O)c(C(=O)O)cn4C)c(N3CC4[C@H](CCN4CCO)C3)c1-2. The summed E-state index contributed by atoms with van der Waals surface area (Å²) in [6.07, 6.45) is 5.80. The number of carboxylic acid groups (broad SMARTS) is 1. The van der Waals surface area contributed by atoms with Gasteiger partial charge in [-0.2, -0.15) is 0 Å². The van der Waals surface area contributed by atoms with Gasteiger partial charge in [-0.15, -0.1) is 0 Å². The number of pyridine rings is 3. The van der Waals surface area contributed by atoms with Gasteiger partial charge in [0.1, 0.15) is 11.2 Å². The first kappa shape index (κ1) is 27.4. The van der Waals surface area contributed by atoms with E-state index in [0.717, 1.165) is 19.0 Å². The molecule has 0 saturated carbocycles. The Kier molecular flexibility index (Phi) is 6.44. The molecule has 0 bridgehead atoms. The molecule has 1 aliphatic carbocycles. The summed E-state index contributed by atoms with van der Waals surface area (Å²) < 4.78 is 32.2. The van der Waals surface area contributed by atoms with Gasteiger partial charge < -0.3 is 25.0 Å². The van der Waals surface area contributed by atoms with E-state index in [1.807, 2.05) is 0 Å². The average molecular weight is 589 g/mol. The van der Waals surface area contributed by atoms with E-state index >= 15 is 4.39 Å². The van der Waals surface area contributed by atoms with Gasteiger partial charge in [-0.25, -0.2) is 18.6 Å². The van der Waals surface area contributed by atoms with E-state index in [1.54, 1.807) is 32.6 Å². The van der Waals surface area contributed by atoms with Crippen LogP contribution in [0.1, 0.15) is 28.0 Å². The second kappa shape index (κ2) is 10.1. The molecule has 222 valence electrons. The number of aliphatic hydroxyl groups is 1. The number of fused-ring (bicyclic) bond motifs is 5. The van der Waals surface area contributed by atoms with Gasteiger partial charge in [0.25, 0.3) is 0 Å². The number of aromatic nitrogens is 3. The monoisotopic (exact) mass is 588 g/mol. The van der Waals surface area contributed by atoms with Gasteiger partial charge in [-0.3, -0.25) is 14.7 Å². The molecule has 1 unspecified atom stereocenters. The number of anilines is 2. The molecule has 12 heteroatoms. The number of aliphatic hydroxyl groups excluding tert-OH is 1. The standard InChI is InChI=1S/C31H30F2N6O4/c1-34-22-9-21(32)27(33)25-17(22)8-23-26(25)28(39-12-15-3-4-38(5-6-40)24(15)14-39)19(11-35-23)16-7-18-29(41)20(31(42)43)13-37(2)30(18)36-10-16/h7,9-11,13,15,24,34,40H,3-6,8,12,14H2,1-2H3,(H,42,43)/t15-,24?/m1/s1. The van der Waals surface area contributed by atoms with E-state index in [9.17, 15) is 24.2 Å². The first-order valence-electron chi connectivity index (χ1n) is 14.3. The predicted molar refractivity (Wildman–Crippen MR) is 158 cm³/mol. The largest absolute Gasteiger partial charge is 0.477 e. The third-order valence-corrected chi connectivity index (χ3v) is 9.24. The topological polar surface area (TPSA) is 124 Å². The lowest BCUT2D eigenvalue weighted by molar-refractivity contribution is 0.0695. The van der Waals surface area contributed by atoms with Crippen LogP contribution >= 0.6 is 0 Å². The molecular formula is C31H30F2N6O4. The normalized spacial score (nSPS) is 19.1. The fraction of sp³-hybridized carbons (Fsp3) is 0.355. The highest BCUT2D eigenvalue weighted by molar-refractivity contribution is 5.98. The molecule has 7 rings (SSSR count). The number of likely N-dealkylation sites (tertiary alicyclic amines) is 1. The van der Waals surface area contributed by atoms with Crippen molar-refractivity contribution in [2.45, 2.75) is 18.9 Å². The summed E-state index contributed by atoms with van der Waals surface area (Å²) in [4.78, 5) is 38.7. The smallest absolute Gasteiger partial charge is 0.341 e. The highest BCUT2D eigenvalue weighted by atomic mass is 19.2. The van der Waals surface area contributed by atoms with Gasteiger partial charge in [0.15, 0.2) is 11.6 Å². The summed E-state index contributed by atoms with van der Waals surface area (Å²) in [6.45, 7) is 2.80. The minimum absolute atomic E-state index is 0.0554. The van der Waals surface area contributed by atoms with Crippen LogP contribution in [-0.2, 0) is 13.5 Å². The molecule has 5 heterocycles. The Morgan fingerprint density at radius 2 is 1.98 bits per heavy atom. The van der Waals surface area contributed by atoms with Crippen molar-refractivity contribution in [3.05, 3.63) is 69.4 Å². The van der Waals surface area contributed by atoms with Crippen molar-refractivity contribution < 1.29 is 23.8 Å². The molecule has 0 spiro atoms. The zero-order chi connectivity index (χ0) is 30.2. The molecular weight excluding hydrogens is 558 g/mol. The third kappa shape index (κ3) is 4.11. The number of carbonyl (C=O) groups is 1. The number of carboxylic acids is 1. The van der Waals surface area contributed by atoms with Crippen molar-refractivity contribution in [2.75, 3.05) is 50.1 Å². The van der Waals surface area contributed by atoms with Crippen LogP contribution in [0.5, 0.6) is 0 Å². The zero-order valence-electron chi connectivity index (χ0n) is 23.7. The Balaban J connectivity index is 1.47. The number of β-amino-alcohol motifs (C(OH)–C–C–N with tert-alkyl or cyclic N) is 1. The molecule has 3 N–H and O–H groups in total. The molecule has 2 saturated heterocycles. The third-order valence-electron chi connectivity index (χ3n) is 9.24. The maximum absolute atomic E-state index is 15.7. The first-order valence-corrected chi connectivity index (χ1v) is 14.3. The molecule has 2 aliphatic heterocycles. The molecule has 4 aromatic rings. The van der Waals surface area contributed by atoms with Gasteiger partial charge >= 0.3 is 5.97 Å². The minimum atomic E-state index is -1.33. The summed E-state index contributed by atoms with van der Waals surface area (Å²) in [5.74, 6) is -2.91. The van der Waals surface area contributed by atoms with Gasteiger partial charge in [0, 0.05) is 98.8 Å². The van der Waals surface area contributed by atoms with E-state index in [0.29, 0.717) is 76.9 Å².